The normalized spacial score (nSPS) is 20.4. The standard InChI is InChI=1S/C14H21N3O/c1-11-4-3-5-12(10-11)17-9-8-16(2)14(18)13(17)6-7-15/h3-5,10,13H,6-9,15H2,1-2H3. The largest absolute Gasteiger partial charge is 0.358 e. The molecule has 1 aromatic rings. The molecule has 1 aliphatic heterocycles. The third-order valence-electron chi connectivity index (χ3n) is 3.49. The van der Waals surface area contributed by atoms with Crippen LogP contribution < -0.4 is 10.6 Å². The molecule has 1 amide bonds. The maximum Gasteiger partial charge on any atom is 0.245 e. The van der Waals surface area contributed by atoms with Crippen LogP contribution in [0.3, 0.4) is 0 Å². The summed E-state index contributed by atoms with van der Waals surface area (Å²) < 4.78 is 0. The maximum atomic E-state index is 12.2. The molecule has 0 bridgehead atoms. The lowest BCUT2D eigenvalue weighted by molar-refractivity contribution is -0.133. The van der Waals surface area contributed by atoms with Gasteiger partial charge in [-0.1, -0.05) is 12.1 Å². The summed E-state index contributed by atoms with van der Waals surface area (Å²) >= 11 is 0. The van der Waals surface area contributed by atoms with E-state index in [1.165, 1.54) is 5.56 Å². The summed E-state index contributed by atoms with van der Waals surface area (Å²) in [4.78, 5) is 16.2. The van der Waals surface area contributed by atoms with Crippen molar-refractivity contribution in [2.24, 2.45) is 5.73 Å². The maximum absolute atomic E-state index is 12.2. The van der Waals surface area contributed by atoms with E-state index in [-0.39, 0.29) is 11.9 Å². The van der Waals surface area contributed by atoms with Crippen LogP contribution in [-0.2, 0) is 4.79 Å². The quantitative estimate of drug-likeness (QED) is 0.866. The fourth-order valence-corrected chi connectivity index (χ4v) is 2.46. The predicted octanol–water partition coefficient (Wildman–Crippen LogP) is 0.991. The average Bonchev–Trinajstić information content (AvgIpc) is 2.35. The molecule has 1 heterocycles. The highest BCUT2D eigenvalue weighted by atomic mass is 16.2. The molecule has 2 rings (SSSR count). The molecule has 1 aliphatic rings. The topological polar surface area (TPSA) is 49.6 Å². The highest BCUT2D eigenvalue weighted by molar-refractivity contribution is 5.86. The van der Waals surface area contributed by atoms with Gasteiger partial charge >= 0.3 is 0 Å². The first-order valence-electron chi connectivity index (χ1n) is 6.42. The molecule has 1 aromatic carbocycles. The summed E-state index contributed by atoms with van der Waals surface area (Å²) in [6, 6.07) is 8.18. The molecule has 1 fully saturated rings. The van der Waals surface area contributed by atoms with Crippen LogP contribution in [0, 0.1) is 6.92 Å². The zero-order valence-electron chi connectivity index (χ0n) is 11.1. The molecule has 1 saturated heterocycles. The summed E-state index contributed by atoms with van der Waals surface area (Å²) in [5.74, 6) is 0.174. The van der Waals surface area contributed by atoms with E-state index in [0.717, 1.165) is 18.8 Å². The molecule has 0 radical (unpaired) electrons. The van der Waals surface area contributed by atoms with Gasteiger partial charge in [0, 0.05) is 25.8 Å². The van der Waals surface area contributed by atoms with Gasteiger partial charge < -0.3 is 15.5 Å². The van der Waals surface area contributed by atoms with Gasteiger partial charge in [-0.05, 0) is 37.6 Å². The molecule has 1 atom stereocenters. The van der Waals surface area contributed by atoms with E-state index in [9.17, 15) is 4.79 Å². The van der Waals surface area contributed by atoms with Crippen LogP contribution in [0.1, 0.15) is 12.0 Å². The van der Waals surface area contributed by atoms with E-state index in [4.69, 9.17) is 5.73 Å². The molecule has 4 nitrogen and oxygen atoms in total. The summed E-state index contributed by atoms with van der Waals surface area (Å²) in [6.07, 6.45) is 0.705. The Morgan fingerprint density at radius 2 is 2.17 bits per heavy atom. The number of likely N-dealkylation sites (N-methyl/N-ethyl adjacent to an activating group) is 1. The highest BCUT2D eigenvalue weighted by Crippen LogP contribution is 2.23. The molecule has 1 unspecified atom stereocenters. The van der Waals surface area contributed by atoms with Crippen molar-refractivity contribution in [2.75, 3.05) is 31.6 Å². The predicted molar refractivity (Wildman–Crippen MR) is 73.6 cm³/mol. The van der Waals surface area contributed by atoms with E-state index in [1.54, 1.807) is 4.90 Å². The highest BCUT2D eigenvalue weighted by Gasteiger charge is 2.32. The van der Waals surface area contributed by atoms with Crippen molar-refractivity contribution in [3.8, 4) is 0 Å². The van der Waals surface area contributed by atoms with Crippen molar-refractivity contribution in [3.05, 3.63) is 29.8 Å². The van der Waals surface area contributed by atoms with Crippen molar-refractivity contribution < 1.29 is 4.79 Å². The molecular weight excluding hydrogens is 226 g/mol. The van der Waals surface area contributed by atoms with Gasteiger partial charge in [-0.15, -0.1) is 0 Å². The van der Waals surface area contributed by atoms with Gasteiger partial charge in [0.05, 0.1) is 0 Å². The summed E-state index contributed by atoms with van der Waals surface area (Å²) in [5, 5.41) is 0. The Morgan fingerprint density at radius 1 is 1.39 bits per heavy atom. The molecule has 18 heavy (non-hydrogen) atoms. The lowest BCUT2D eigenvalue weighted by Crippen LogP contribution is -2.56. The second kappa shape index (κ2) is 5.40. The van der Waals surface area contributed by atoms with E-state index < -0.39 is 0 Å². The van der Waals surface area contributed by atoms with Crippen molar-refractivity contribution in [1.82, 2.24) is 4.90 Å². The Kier molecular flexibility index (Phi) is 3.87. The van der Waals surface area contributed by atoms with Crippen molar-refractivity contribution in [1.29, 1.82) is 0 Å². The van der Waals surface area contributed by atoms with Gasteiger partial charge in [-0.25, -0.2) is 0 Å². The first-order valence-corrected chi connectivity index (χ1v) is 6.42. The van der Waals surface area contributed by atoms with Crippen LogP contribution >= 0.6 is 0 Å². The summed E-state index contributed by atoms with van der Waals surface area (Å²) in [5.41, 5.74) is 7.97. The third kappa shape index (κ3) is 2.48. The second-order valence-electron chi connectivity index (χ2n) is 4.89. The fourth-order valence-electron chi connectivity index (χ4n) is 2.46. The number of nitrogens with zero attached hydrogens (tertiary/aromatic N) is 2. The SMILES string of the molecule is Cc1cccc(N2CCN(C)C(=O)C2CCN)c1. The molecule has 0 saturated carbocycles. The van der Waals surface area contributed by atoms with Crippen molar-refractivity contribution in [3.63, 3.8) is 0 Å². The van der Waals surface area contributed by atoms with Gasteiger partial charge in [0.15, 0.2) is 0 Å². The van der Waals surface area contributed by atoms with E-state index >= 15 is 0 Å². The van der Waals surface area contributed by atoms with Crippen LogP contribution in [0.15, 0.2) is 24.3 Å². The number of carbonyl (C=O) groups is 1. The zero-order chi connectivity index (χ0) is 13.1. The fraction of sp³-hybridized carbons (Fsp3) is 0.500. The summed E-state index contributed by atoms with van der Waals surface area (Å²) in [7, 11) is 1.86. The number of nitrogens with two attached hydrogens (primary N) is 1. The van der Waals surface area contributed by atoms with Gasteiger partial charge in [0.25, 0.3) is 0 Å². The Morgan fingerprint density at radius 3 is 2.83 bits per heavy atom. The molecule has 0 aromatic heterocycles. The monoisotopic (exact) mass is 247 g/mol. The number of carbonyl (C=O) groups excluding carboxylic acids is 1. The van der Waals surface area contributed by atoms with E-state index in [0.29, 0.717) is 13.0 Å². The minimum atomic E-state index is -0.115. The van der Waals surface area contributed by atoms with Gasteiger partial charge in [0.1, 0.15) is 6.04 Å². The molecule has 0 aliphatic carbocycles. The van der Waals surface area contributed by atoms with Gasteiger partial charge in [-0.2, -0.15) is 0 Å². The molecule has 0 spiro atoms. The van der Waals surface area contributed by atoms with Crippen molar-refractivity contribution in [2.45, 2.75) is 19.4 Å². The lowest BCUT2D eigenvalue weighted by Gasteiger charge is -2.40. The minimum absolute atomic E-state index is 0.115. The number of amides is 1. The number of benzene rings is 1. The van der Waals surface area contributed by atoms with Crippen LogP contribution in [0.2, 0.25) is 0 Å². The van der Waals surface area contributed by atoms with E-state index in [1.807, 2.05) is 13.1 Å². The number of rotatable bonds is 3. The average molecular weight is 247 g/mol. The molecular formula is C14H21N3O. The Bertz CT molecular complexity index is 433. The van der Waals surface area contributed by atoms with Crippen molar-refractivity contribution >= 4 is 11.6 Å². The molecule has 98 valence electrons. The van der Waals surface area contributed by atoms with E-state index in [2.05, 4.69) is 30.0 Å². The lowest BCUT2D eigenvalue weighted by atomic mass is 10.1. The minimum Gasteiger partial charge on any atom is -0.358 e. The number of anilines is 1. The molecule has 4 heteroatoms. The summed E-state index contributed by atoms with van der Waals surface area (Å²) in [6.45, 7) is 4.25. The first kappa shape index (κ1) is 12.9. The number of hydrogen-bond acceptors (Lipinski definition) is 3. The molecule has 2 N–H and O–H groups in total. The third-order valence-corrected chi connectivity index (χ3v) is 3.49. The smallest absolute Gasteiger partial charge is 0.245 e. The number of piperazine rings is 1. The van der Waals surface area contributed by atoms with Crippen LogP contribution in [0.25, 0.3) is 0 Å². The Balaban J connectivity index is 2.27. The Labute approximate surface area is 108 Å². The second-order valence-corrected chi connectivity index (χ2v) is 4.89. The van der Waals surface area contributed by atoms with Gasteiger partial charge in [-0.3, -0.25) is 4.79 Å². The zero-order valence-corrected chi connectivity index (χ0v) is 11.1. The van der Waals surface area contributed by atoms with Crippen LogP contribution in [-0.4, -0.2) is 43.5 Å². The number of hydrogen-bond donors (Lipinski definition) is 1. The first-order chi connectivity index (χ1) is 8.63. The van der Waals surface area contributed by atoms with Gasteiger partial charge in [0.2, 0.25) is 5.91 Å². The van der Waals surface area contributed by atoms with Crippen LogP contribution in [0.4, 0.5) is 5.69 Å². The number of aryl methyl sites for hydroxylation is 1. The Hall–Kier alpha value is -1.55. The van der Waals surface area contributed by atoms with Crippen LogP contribution in [0.5, 0.6) is 0 Å².